The number of aryl methyl sites for hydroxylation is 1. The molecule has 0 aromatic heterocycles. The summed E-state index contributed by atoms with van der Waals surface area (Å²) in [7, 11) is -4.46. The molecule has 2 aliphatic heterocycles. The Morgan fingerprint density at radius 2 is 1.75 bits per heavy atom. The van der Waals surface area contributed by atoms with Crippen LogP contribution in [0, 0.1) is 24.0 Å². The Hall–Kier alpha value is -2.23. The number of hydrogen-bond donors (Lipinski definition) is 0. The Morgan fingerprint density at radius 3 is 2.42 bits per heavy atom. The summed E-state index contributed by atoms with van der Waals surface area (Å²) in [6.45, 7) is 3.32. The van der Waals surface area contributed by atoms with Crippen LogP contribution in [-0.4, -0.2) is 56.3 Å². The van der Waals surface area contributed by atoms with E-state index in [1.165, 1.54) is 0 Å². The number of halogens is 3. The average Bonchev–Trinajstić information content (AvgIpc) is 2.85. The third-order valence-electron chi connectivity index (χ3n) is 7.05. The lowest BCUT2D eigenvalue weighted by Gasteiger charge is -2.42. The van der Waals surface area contributed by atoms with Gasteiger partial charge >= 0.3 is 0 Å². The molecule has 1 atom stereocenters. The van der Waals surface area contributed by atoms with E-state index in [-0.39, 0.29) is 32.0 Å². The maximum absolute atomic E-state index is 14.4. The van der Waals surface area contributed by atoms with Crippen LogP contribution in [0.1, 0.15) is 44.1 Å². The van der Waals surface area contributed by atoms with Gasteiger partial charge in [-0.1, -0.05) is 17.7 Å². The Kier molecular flexibility index (Phi) is 8.22. The van der Waals surface area contributed by atoms with Crippen LogP contribution in [0.5, 0.6) is 5.75 Å². The van der Waals surface area contributed by atoms with E-state index >= 15 is 0 Å². The summed E-state index contributed by atoms with van der Waals surface area (Å²) < 4.78 is 62.8. The Bertz CT molecular complexity index is 1200. The lowest BCUT2D eigenvalue weighted by molar-refractivity contribution is -0.136. The molecule has 0 aliphatic carbocycles. The topological polar surface area (TPSA) is 66.9 Å². The van der Waals surface area contributed by atoms with E-state index in [1.54, 1.807) is 18.2 Å². The fraction of sp³-hybridized carbons (Fsp3) is 0.500. The molecule has 0 spiro atoms. The van der Waals surface area contributed by atoms with Gasteiger partial charge in [0.25, 0.3) is 0 Å². The monoisotopic (exact) mass is 540 g/mol. The number of sulfonamides is 1. The molecule has 4 rings (SSSR count). The van der Waals surface area contributed by atoms with Crippen molar-refractivity contribution in [2.45, 2.75) is 50.3 Å². The first-order valence-corrected chi connectivity index (χ1v) is 14.0. The molecule has 2 aromatic carbocycles. The summed E-state index contributed by atoms with van der Waals surface area (Å²) in [5.74, 6) is -1.77. The normalized spacial score (nSPS) is 21.4. The first kappa shape index (κ1) is 26.8. The number of likely N-dealkylation sites (tertiary alicyclic amines) is 1. The molecule has 1 amide bonds. The number of amides is 1. The molecule has 0 N–H and O–H groups in total. The summed E-state index contributed by atoms with van der Waals surface area (Å²) in [6, 6.07) is 8.22. The van der Waals surface area contributed by atoms with Crippen molar-refractivity contribution in [3.63, 3.8) is 0 Å². The van der Waals surface area contributed by atoms with Gasteiger partial charge in [0.05, 0.1) is 6.61 Å². The van der Waals surface area contributed by atoms with Crippen LogP contribution >= 0.6 is 11.6 Å². The average molecular weight is 541 g/mol. The van der Waals surface area contributed by atoms with Gasteiger partial charge in [0.15, 0.2) is 4.90 Å². The van der Waals surface area contributed by atoms with E-state index in [0.29, 0.717) is 36.7 Å². The number of carbonyl (C=O) groups excluding carboxylic acids is 1. The zero-order valence-corrected chi connectivity index (χ0v) is 21.9. The number of hydrogen-bond acceptors (Lipinski definition) is 4. The largest absolute Gasteiger partial charge is 0.493 e. The van der Waals surface area contributed by atoms with E-state index < -0.39 is 32.0 Å². The predicted octanol–water partition coefficient (Wildman–Crippen LogP) is 5.18. The third-order valence-corrected chi connectivity index (χ3v) is 9.37. The second-order valence-corrected chi connectivity index (χ2v) is 12.1. The first-order chi connectivity index (χ1) is 17.1. The summed E-state index contributed by atoms with van der Waals surface area (Å²) in [5.41, 5.74) is -0.0229. The molecule has 196 valence electrons. The van der Waals surface area contributed by atoms with Crippen LogP contribution in [-0.2, 0) is 14.8 Å². The minimum Gasteiger partial charge on any atom is -0.493 e. The summed E-state index contributed by atoms with van der Waals surface area (Å²) in [6.07, 6.45) is 4.02. The van der Waals surface area contributed by atoms with Crippen LogP contribution in [0.25, 0.3) is 0 Å². The Balaban J connectivity index is 1.62. The van der Waals surface area contributed by atoms with Crippen molar-refractivity contribution in [3.8, 4) is 5.75 Å². The van der Waals surface area contributed by atoms with Crippen LogP contribution < -0.4 is 4.74 Å². The van der Waals surface area contributed by atoms with Crippen molar-refractivity contribution in [1.29, 1.82) is 0 Å². The van der Waals surface area contributed by atoms with E-state index in [0.717, 1.165) is 47.3 Å². The maximum Gasteiger partial charge on any atom is 0.248 e. The molecule has 2 aromatic rings. The highest BCUT2D eigenvalue weighted by atomic mass is 35.5. The van der Waals surface area contributed by atoms with Gasteiger partial charge in [-0.25, -0.2) is 17.2 Å². The number of nitrogens with zero attached hydrogens (tertiary/aromatic N) is 2. The predicted molar refractivity (Wildman–Crippen MR) is 134 cm³/mol. The minimum absolute atomic E-state index is 0.0538. The van der Waals surface area contributed by atoms with Gasteiger partial charge in [0, 0.05) is 43.0 Å². The quantitative estimate of drug-likeness (QED) is 0.485. The lowest BCUT2D eigenvalue weighted by Crippen LogP contribution is -2.51. The number of ether oxygens (including phenoxy) is 1. The standard InChI is InChI=1S/C26H31ClF2N2O4S/c1-19-15-20(9-10-21(19)27)35-18-26(16-24(32)30-12-3-2-4-13-30)11-6-14-31(17-26)36(33,34)25-22(28)7-5-8-23(25)29/h5,7-10,15H,2-4,6,11-14,16-18H2,1H3/t26-/m1/s1. The van der Waals surface area contributed by atoms with Gasteiger partial charge in [-0.05, 0) is 74.9 Å². The Morgan fingerprint density at radius 1 is 1.06 bits per heavy atom. The van der Waals surface area contributed by atoms with Crippen LogP contribution in [0.4, 0.5) is 8.78 Å². The maximum atomic E-state index is 14.4. The van der Waals surface area contributed by atoms with Crippen molar-refractivity contribution >= 4 is 27.5 Å². The molecule has 2 heterocycles. The van der Waals surface area contributed by atoms with Gasteiger partial charge in [0.2, 0.25) is 15.9 Å². The molecular weight excluding hydrogens is 510 g/mol. The molecule has 6 nitrogen and oxygen atoms in total. The van der Waals surface area contributed by atoms with Crippen molar-refractivity contribution in [2.24, 2.45) is 5.41 Å². The van der Waals surface area contributed by atoms with E-state index in [4.69, 9.17) is 16.3 Å². The first-order valence-electron chi connectivity index (χ1n) is 12.2. The zero-order chi connectivity index (χ0) is 25.9. The highest BCUT2D eigenvalue weighted by molar-refractivity contribution is 7.89. The molecule has 0 bridgehead atoms. The third kappa shape index (κ3) is 5.84. The lowest BCUT2D eigenvalue weighted by atomic mass is 9.78. The van der Waals surface area contributed by atoms with Gasteiger partial charge in [-0.2, -0.15) is 4.31 Å². The fourth-order valence-electron chi connectivity index (χ4n) is 5.06. The molecule has 2 aliphatic rings. The van der Waals surface area contributed by atoms with Gasteiger partial charge in [0.1, 0.15) is 17.4 Å². The van der Waals surface area contributed by atoms with Crippen LogP contribution in [0.15, 0.2) is 41.3 Å². The molecule has 0 unspecified atom stereocenters. The molecule has 0 radical (unpaired) electrons. The Labute approximate surface area is 216 Å². The number of rotatable bonds is 7. The number of piperidine rings is 2. The van der Waals surface area contributed by atoms with Crippen LogP contribution in [0.3, 0.4) is 0 Å². The molecule has 10 heteroatoms. The van der Waals surface area contributed by atoms with Crippen LogP contribution in [0.2, 0.25) is 5.02 Å². The second-order valence-electron chi connectivity index (χ2n) is 9.81. The number of benzene rings is 2. The van der Waals surface area contributed by atoms with Crippen molar-refractivity contribution in [2.75, 3.05) is 32.8 Å². The summed E-state index contributed by atoms with van der Waals surface area (Å²) >= 11 is 6.12. The van der Waals surface area contributed by atoms with Crippen molar-refractivity contribution in [3.05, 3.63) is 58.6 Å². The van der Waals surface area contributed by atoms with Gasteiger partial charge in [-0.15, -0.1) is 0 Å². The summed E-state index contributed by atoms with van der Waals surface area (Å²) in [4.78, 5) is 14.1. The van der Waals surface area contributed by atoms with E-state index in [2.05, 4.69) is 0 Å². The molecule has 2 fully saturated rings. The summed E-state index contributed by atoms with van der Waals surface area (Å²) in [5, 5.41) is 0.596. The molecule has 0 saturated carbocycles. The number of carbonyl (C=O) groups is 1. The fourth-order valence-corrected chi connectivity index (χ4v) is 6.88. The van der Waals surface area contributed by atoms with Crippen molar-refractivity contribution < 1.29 is 26.7 Å². The van der Waals surface area contributed by atoms with Gasteiger partial charge in [-0.3, -0.25) is 4.79 Å². The zero-order valence-electron chi connectivity index (χ0n) is 20.3. The SMILES string of the molecule is Cc1cc(OC[C@@]2(CC(=O)N3CCCCC3)CCCN(S(=O)(=O)c3c(F)cccc3F)C2)ccc1Cl. The highest BCUT2D eigenvalue weighted by Crippen LogP contribution is 2.38. The molecular formula is C26H31ClF2N2O4S. The van der Waals surface area contributed by atoms with E-state index in [9.17, 15) is 22.0 Å². The van der Waals surface area contributed by atoms with E-state index in [1.807, 2.05) is 11.8 Å². The smallest absolute Gasteiger partial charge is 0.248 e. The highest BCUT2D eigenvalue weighted by Gasteiger charge is 2.44. The molecule has 2 saturated heterocycles. The van der Waals surface area contributed by atoms with Crippen molar-refractivity contribution in [1.82, 2.24) is 9.21 Å². The molecule has 36 heavy (non-hydrogen) atoms. The van der Waals surface area contributed by atoms with Gasteiger partial charge < -0.3 is 9.64 Å². The second kappa shape index (κ2) is 11.0. The minimum atomic E-state index is -4.46.